The van der Waals surface area contributed by atoms with Gasteiger partial charge >= 0.3 is 0 Å². The Morgan fingerprint density at radius 3 is 2.67 bits per heavy atom. The molecule has 0 saturated heterocycles. The molecule has 1 saturated carbocycles. The van der Waals surface area contributed by atoms with Gasteiger partial charge in [-0.3, -0.25) is 9.78 Å². The molecule has 0 bridgehead atoms. The normalized spacial score (nSPS) is 20.1. The van der Waals surface area contributed by atoms with Crippen LogP contribution in [0.5, 0.6) is 0 Å². The van der Waals surface area contributed by atoms with Crippen LogP contribution < -0.4 is 5.32 Å². The van der Waals surface area contributed by atoms with Gasteiger partial charge in [-0.2, -0.15) is 0 Å². The van der Waals surface area contributed by atoms with E-state index in [1.807, 2.05) is 0 Å². The fraction of sp³-hybridized carbons (Fsp3) is 0.200. The van der Waals surface area contributed by atoms with Crippen molar-refractivity contribution in [3.8, 4) is 0 Å². The van der Waals surface area contributed by atoms with Crippen LogP contribution in [-0.4, -0.2) is 16.9 Å². The largest absolute Gasteiger partial charge is 0.349 e. The maximum absolute atomic E-state index is 13.7. The highest BCUT2D eigenvalue weighted by Gasteiger charge is 2.42. The van der Waals surface area contributed by atoms with Crippen molar-refractivity contribution in [2.45, 2.75) is 18.4 Å². The molecule has 1 aromatic carbocycles. The first kappa shape index (κ1) is 13.9. The van der Waals surface area contributed by atoms with Gasteiger partial charge in [0.15, 0.2) is 0 Å². The quantitative estimate of drug-likeness (QED) is 0.945. The fourth-order valence-corrected chi connectivity index (χ4v) is 2.55. The predicted octanol–water partition coefficient (Wildman–Crippen LogP) is 3.30. The summed E-state index contributed by atoms with van der Waals surface area (Å²) in [6.07, 6.45) is 3.34. The smallest absolute Gasteiger partial charge is 0.253 e. The SMILES string of the molecule is O=C(N[C@H]1C[C@H]1c1c(F)cccc1F)c1ccncc1Cl. The molecule has 108 valence electrons. The summed E-state index contributed by atoms with van der Waals surface area (Å²) >= 11 is 5.88. The predicted molar refractivity (Wildman–Crippen MR) is 74.2 cm³/mol. The lowest BCUT2D eigenvalue weighted by atomic mass is 10.1. The van der Waals surface area contributed by atoms with Crippen LogP contribution in [-0.2, 0) is 0 Å². The van der Waals surface area contributed by atoms with Gasteiger partial charge in [0, 0.05) is 29.9 Å². The third kappa shape index (κ3) is 2.74. The van der Waals surface area contributed by atoms with Crippen LogP contribution in [0.2, 0.25) is 5.02 Å². The van der Waals surface area contributed by atoms with E-state index in [9.17, 15) is 13.6 Å². The van der Waals surface area contributed by atoms with Gasteiger partial charge in [0.1, 0.15) is 11.6 Å². The third-order valence-corrected chi connectivity index (χ3v) is 3.80. The molecule has 0 unspecified atom stereocenters. The van der Waals surface area contributed by atoms with Crippen molar-refractivity contribution in [2.75, 3.05) is 0 Å². The molecule has 1 N–H and O–H groups in total. The van der Waals surface area contributed by atoms with E-state index < -0.39 is 11.6 Å². The number of carbonyl (C=O) groups is 1. The molecule has 1 fully saturated rings. The molecule has 2 atom stereocenters. The summed E-state index contributed by atoms with van der Waals surface area (Å²) < 4.78 is 27.3. The Balaban J connectivity index is 1.72. The van der Waals surface area contributed by atoms with Gasteiger partial charge in [-0.15, -0.1) is 0 Å². The van der Waals surface area contributed by atoms with E-state index in [1.165, 1.54) is 36.7 Å². The molecule has 0 radical (unpaired) electrons. The number of pyridine rings is 1. The summed E-state index contributed by atoms with van der Waals surface area (Å²) in [5.41, 5.74) is 0.329. The third-order valence-electron chi connectivity index (χ3n) is 3.49. The minimum absolute atomic E-state index is 0.0311. The summed E-state index contributed by atoms with van der Waals surface area (Å²) in [6.45, 7) is 0. The van der Waals surface area contributed by atoms with E-state index >= 15 is 0 Å². The van der Waals surface area contributed by atoms with Gasteiger partial charge < -0.3 is 5.32 Å². The highest BCUT2D eigenvalue weighted by atomic mass is 35.5. The second kappa shape index (κ2) is 5.41. The molecule has 3 rings (SSSR count). The van der Waals surface area contributed by atoms with E-state index in [2.05, 4.69) is 10.3 Å². The molecule has 1 amide bonds. The van der Waals surface area contributed by atoms with Crippen LogP contribution in [0.25, 0.3) is 0 Å². The first-order valence-corrected chi connectivity index (χ1v) is 6.80. The second-order valence-electron chi connectivity index (χ2n) is 4.91. The molecule has 1 aromatic heterocycles. The average molecular weight is 309 g/mol. The molecular formula is C15H11ClF2N2O. The molecule has 3 nitrogen and oxygen atoms in total. The fourth-order valence-electron chi connectivity index (χ4n) is 2.34. The zero-order valence-electron chi connectivity index (χ0n) is 10.8. The van der Waals surface area contributed by atoms with Crippen molar-refractivity contribution in [2.24, 2.45) is 0 Å². The number of benzene rings is 1. The summed E-state index contributed by atoms with van der Waals surface area (Å²) in [7, 11) is 0. The number of hydrogen-bond acceptors (Lipinski definition) is 2. The molecule has 0 aliphatic heterocycles. The lowest BCUT2D eigenvalue weighted by Crippen LogP contribution is -2.27. The van der Waals surface area contributed by atoms with E-state index in [1.54, 1.807) is 0 Å². The summed E-state index contributed by atoms with van der Waals surface area (Å²) in [4.78, 5) is 15.8. The first-order chi connectivity index (χ1) is 10.1. The number of aromatic nitrogens is 1. The van der Waals surface area contributed by atoms with Crippen LogP contribution in [0.3, 0.4) is 0 Å². The minimum Gasteiger partial charge on any atom is -0.349 e. The van der Waals surface area contributed by atoms with Crippen molar-refractivity contribution in [1.29, 1.82) is 0 Å². The lowest BCUT2D eigenvalue weighted by molar-refractivity contribution is 0.0950. The summed E-state index contributed by atoms with van der Waals surface area (Å²) in [6, 6.07) is 4.97. The molecule has 2 aromatic rings. The standard InChI is InChI=1S/C15H11ClF2N2O/c16-10-7-19-5-4-8(10)15(21)20-13-6-9(13)14-11(17)2-1-3-12(14)18/h1-5,7,9,13H,6H2,(H,20,21)/t9-,13+/m1/s1. The molecule has 1 heterocycles. The van der Waals surface area contributed by atoms with Crippen LogP contribution in [0.15, 0.2) is 36.7 Å². The zero-order valence-corrected chi connectivity index (χ0v) is 11.6. The highest BCUT2D eigenvalue weighted by molar-refractivity contribution is 6.33. The second-order valence-corrected chi connectivity index (χ2v) is 5.32. The number of nitrogens with one attached hydrogen (secondary N) is 1. The maximum atomic E-state index is 13.7. The average Bonchev–Trinajstić information content (AvgIpc) is 3.18. The van der Waals surface area contributed by atoms with E-state index in [0.717, 1.165) is 0 Å². The van der Waals surface area contributed by atoms with Gasteiger partial charge in [-0.05, 0) is 24.6 Å². The summed E-state index contributed by atoms with van der Waals surface area (Å²) in [5.74, 6) is -1.88. The first-order valence-electron chi connectivity index (χ1n) is 6.42. The number of carbonyl (C=O) groups excluding carboxylic acids is 1. The van der Waals surface area contributed by atoms with Crippen LogP contribution in [0.4, 0.5) is 8.78 Å². The Morgan fingerprint density at radius 2 is 2.00 bits per heavy atom. The number of nitrogens with zero attached hydrogens (tertiary/aromatic N) is 1. The number of rotatable bonds is 3. The molecule has 21 heavy (non-hydrogen) atoms. The Labute approximate surface area is 125 Å². The molecule has 0 spiro atoms. The number of hydrogen-bond donors (Lipinski definition) is 1. The van der Waals surface area contributed by atoms with Gasteiger partial charge in [0.2, 0.25) is 0 Å². The van der Waals surface area contributed by atoms with Gasteiger partial charge in [-0.1, -0.05) is 17.7 Å². The van der Waals surface area contributed by atoms with Crippen LogP contribution >= 0.6 is 11.6 Å². The van der Waals surface area contributed by atoms with Crippen molar-refractivity contribution in [3.05, 3.63) is 64.4 Å². The zero-order chi connectivity index (χ0) is 15.0. The van der Waals surface area contributed by atoms with E-state index in [0.29, 0.717) is 12.0 Å². The monoisotopic (exact) mass is 308 g/mol. The van der Waals surface area contributed by atoms with E-state index in [4.69, 9.17) is 11.6 Å². The molecule has 6 heteroatoms. The number of halogens is 3. The van der Waals surface area contributed by atoms with Gasteiger partial charge in [0.05, 0.1) is 10.6 Å². The van der Waals surface area contributed by atoms with E-state index in [-0.39, 0.29) is 28.5 Å². The maximum Gasteiger partial charge on any atom is 0.253 e. The van der Waals surface area contributed by atoms with Crippen molar-refractivity contribution >= 4 is 17.5 Å². The Hall–Kier alpha value is -2.01. The van der Waals surface area contributed by atoms with Crippen molar-refractivity contribution < 1.29 is 13.6 Å². The molecule has 1 aliphatic rings. The topological polar surface area (TPSA) is 42.0 Å². The van der Waals surface area contributed by atoms with Gasteiger partial charge in [0.25, 0.3) is 5.91 Å². The Kier molecular flexibility index (Phi) is 3.59. The number of amides is 1. The minimum atomic E-state index is -0.585. The molecule has 1 aliphatic carbocycles. The van der Waals surface area contributed by atoms with Gasteiger partial charge in [-0.25, -0.2) is 8.78 Å². The van der Waals surface area contributed by atoms with Crippen molar-refractivity contribution in [3.63, 3.8) is 0 Å². The molecular weight excluding hydrogens is 298 g/mol. The lowest BCUT2D eigenvalue weighted by Gasteiger charge is -2.07. The van der Waals surface area contributed by atoms with Crippen LogP contribution in [0, 0.1) is 11.6 Å². The summed E-state index contributed by atoms with van der Waals surface area (Å²) in [5, 5.41) is 2.97. The Morgan fingerprint density at radius 1 is 1.29 bits per heavy atom. The van der Waals surface area contributed by atoms with Crippen LogP contribution in [0.1, 0.15) is 28.3 Å². The van der Waals surface area contributed by atoms with Crippen molar-refractivity contribution in [1.82, 2.24) is 10.3 Å². The Bertz CT molecular complexity index is 688. The highest BCUT2D eigenvalue weighted by Crippen LogP contribution is 2.43.